The lowest BCUT2D eigenvalue weighted by Crippen LogP contribution is -1.87. The number of rotatable bonds is 1. The van der Waals surface area contributed by atoms with Gasteiger partial charge in [0.25, 0.3) is 0 Å². The molecule has 0 heterocycles. The quantitative estimate of drug-likeness (QED) is 0.461. The predicted molar refractivity (Wildman–Crippen MR) is 20.3 cm³/mol. The fourth-order valence-electron chi connectivity index (χ4n) is 0.387. The second-order valence-electron chi connectivity index (χ2n) is 1.53. The molecule has 0 aromatic rings. The molecule has 2 unspecified atom stereocenters. The third kappa shape index (κ3) is 0.522. The largest absolute Gasteiger partial charge is 0.378 e. The molecule has 36 valence electrons. The number of alkyl halides is 1. The Morgan fingerprint density at radius 1 is 1.83 bits per heavy atom. The van der Waals surface area contributed by atoms with Crippen molar-refractivity contribution in [3.63, 3.8) is 0 Å². The maximum Gasteiger partial charge on any atom is 0.129 e. The Labute approximate surface area is 36.1 Å². The lowest BCUT2D eigenvalue weighted by Gasteiger charge is -1.82. The highest BCUT2D eigenvalue weighted by Crippen LogP contribution is 2.27. The molecule has 6 heavy (non-hydrogen) atoms. The summed E-state index contributed by atoms with van der Waals surface area (Å²) in [5.74, 6) is 0. The molecule has 0 N–H and O–H groups in total. The van der Waals surface area contributed by atoms with E-state index in [0.29, 0.717) is 6.42 Å². The minimum atomic E-state index is -0.657. The van der Waals surface area contributed by atoms with Crippen LogP contribution < -0.4 is 0 Å². The zero-order valence-corrected chi connectivity index (χ0v) is 3.65. The topological polar surface area (TPSA) is 9.23 Å². The summed E-state index contributed by atoms with van der Waals surface area (Å²) >= 11 is 0. The first-order chi connectivity index (χ1) is 2.84. The summed E-state index contributed by atoms with van der Waals surface area (Å²) < 4.78 is 16.2. The lowest BCUT2D eigenvalue weighted by atomic mass is 10.8. The van der Waals surface area contributed by atoms with Crippen LogP contribution in [0.5, 0.6) is 0 Å². The Morgan fingerprint density at radius 3 is 2.33 bits per heavy atom. The minimum Gasteiger partial charge on any atom is -0.378 e. The molecule has 1 aliphatic carbocycles. The van der Waals surface area contributed by atoms with Gasteiger partial charge in [0, 0.05) is 13.5 Å². The van der Waals surface area contributed by atoms with Crippen LogP contribution in [-0.4, -0.2) is 19.4 Å². The van der Waals surface area contributed by atoms with Crippen molar-refractivity contribution in [3.8, 4) is 0 Å². The number of methoxy groups -OCH3 is 1. The van der Waals surface area contributed by atoms with Gasteiger partial charge in [-0.15, -0.1) is 0 Å². The maximum absolute atomic E-state index is 11.7. The third-order valence-electron chi connectivity index (χ3n) is 0.961. The normalized spacial score (nSPS) is 43.0. The molecule has 1 fully saturated rings. The van der Waals surface area contributed by atoms with Crippen molar-refractivity contribution < 1.29 is 9.13 Å². The van der Waals surface area contributed by atoms with Crippen LogP contribution in [0.15, 0.2) is 0 Å². The smallest absolute Gasteiger partial charge is 0.129 e. The van der Waals surface area contributed by atoms with Gasteiger partial charge in [0.1, 0.15) is 6.17 Å². The molecule has 2 atom stereocenters. The van der Waals surface area contributed by atoms with Crippen molar-refractivity contribution in [3.05, 3.63) is 0 Å². The Morgan fingerprint density at radius 2 is 2.33 bits per heavy atom. The second kappa shape index (κ2) is 1.19. The number of ether oxygens (including phenoxy) is 1. The van der Waals surface area contributed by atoms with Crippen LogP contribution in [0.1, 0.15) is 6.42 Å². The Hall–Kier alpha value is -0.110. The van der Waals surface area contributed by atoms with Crippen LogP contribution in [0.4, 0.5) is 4.39 Å². The van der Waals surface area contributed by atoms with E-state index in [9.17, 15) is 4.39 Å². The van der Waals surface area contributed by atoms with Crippen molar-refractivity contribution in [1.82, 2.24) is 0 Å². The van der Waals surface area contributed by atoms with Gasteiger partial charge in [-0.3, -0.25) is 0 Å². The van der Waals surface area contributed by atoms with Crippen LogP contribution in [0.25, 0.3) is 0 Å². The summed E-state index contributed by atoms with van der Waals surface area (Å²) in [7, 11) is 1.53. The minimum absolute atomic E-state index is 0.0648. The molecule has 2 heteroatoms. The molecule has 1 rings (SSSR count). The molecular weight excluding hydrogens is 83.0 g/mol. The van der Waals surface area contributed by atoms with Crippen molar-refractivity contribution in [2.75, 3.05) is 7.11 Å². The van der Waals surface area contributed by atoms with Gasteiger partial charge >= 0.3 is 0 Å². The van der Waals surface area contributed by atoms with Crippen LogP contribution >= 0.6 is 0 Å². The average molecular weight is 90.1 g/mol. The number of hydrogen-bond acceptors (Lipinski definition) is 1. The van der Waals surface area contributed by atoms with E-state index in [1.165, 1.54) is 7.11 Å². The van der Waals surface area contributed by atoms with E-state index in [-0.39, 0.29) is 6.10 Å². The maximum atomic E-state index is 11.7. The first-order valence-electron chi connectivity index (χ1n) is 2.01. The van der Waals surface area contributed by atoms with Crippen molar-refractivity contribution >= 4 is 0 Å². The van der Waals surface area contributed by atoms with E-state index in [1.54, 1.807) is 0 Å². The van der Waals surface area contributed by atoms with Crippen LogP contribution in [-0.2, 0) is 4.74 Å². The first-order valence-corrected chi connectivity index (χ1v) is 2.01. The molecular formula is C4H7FO. The summed E-state index contributed by atoms with van der Waals surface area (Å²) in [5.41, 5.74) is 0. The molecule has 1 aliphatic rings. The van der Waals surface area contributed by atoms with Gasteiger partial charge in [0.15, 0.2) is 0 Å². The SMILES string of the molecule is COC1CC1F. The highest BCUT2D eigenvalue weighted by molar-refractivity contribution is 4.86. The van der Waals surface area contributed by atoms with Gasteiger partial charge in [0.05, 0.1) is 6.10 Å². The fourth-order valence-corrected chi connectivity index (χ4v) is 0.387. The van der Waals surface area contributed by atoms with E-state index in [0.717, 1.165) is 0 Å². The zero-order valence-electron chi connectivity index (χ0n) is 3.65. The summed E-state index contributed by atoms with van der Waals surface area (Å²) in [5, 5.41) is 0. The summed E-state index contributed by atoms with van der Waals surface area (Å²) in [6.07, 6.45) is -0.115. The highest BCUT2D eigenvalue weighted by Gasteiger charge is 2.37. The standard InChI is InChI=1S/C4H7FO/c1-6-4-2-3(4)5/h3-4H,2H2,1H3. The van der Waals surface area contributed by atoms with Gasteiger partial charge in [-0.2, -0.15) is 0 Å². The van der Waals surface area contributed by atoms with Gasteiger partial charge in [-0.25, -0.2) is 4.39 Å². The van der Waals surface area contributed by atoms with Gasteiger partial charge < -0.3 is 4.74 Å². The molecule has 0 bridgehead atoms. The number of hydrogen-bond donors (Lipinski definition) is 0. The summed E-state index contributed by atoms with van der Waals surface area (Å²) in [6.45, 7) is 0. The van der Waals surface area contributed by atoms with Crippen molar-refractivity contribution in [2.24, 2.45) is 0 Å². The molecule has 0 amide bonds. The average Bonchev–Trinajstić information content (AvgIpc) is 2.19. The predicted octanol–water partition coefficient (Wildman–Crippen LogP) is 0.743. The van der Waals surface area contributed by atoms with Crippen LogP contribution in [0, 0.1) is 0 Å². The highest BCUT2D eigenvalue weighted by atomic mass is 19.1. The van der Waals surface area contributed by atoms with E-state index in [2.05, 4.69) is 4.74 Å². The molecule has 0 aliphatic heterocycles. The Kier molecular flexibility index (Phi) is 0.804. The van der Waals surface area contributed by atoms with Crippen molar-refractivity contribution in [2.45, 2.75) is 18.7 Å². The van der Waals surface area contributed by atoms with E-state index in [4.69, 9.17) is 0 Å². The Bertz CT molecular complexity index is 53.5. The van der Waals surface area contributed by atoms with Gasteiger partial charge in [0.2, 0.25) is 0 Å². The molecule has 0 radical (unpaired) electrons. The third-order valence-corrected chi connectivity index (χ3v) is 0.961. The first kappa shape index (κ1) is 4.06. The van der Waals surface area contributed by atoms with E-state index >= 15 is 0 Å². The summed E-state index contributed by atoms with van der Waals surface area (Å²) in [6, 6.07) is 0. The van der Waals surface area contributed by atoms with Crippen LogP contribution in [0.2, 0.25) is 0 Å². The molecule has 1 saturated carbocycles. The fraction of sp³-hybridized carbons (Fsp3) is 1.00. The summed E-state index contributed by atoms with van der Waals surface area (Å²) in [4.78, 5) is 0. The van der Waals surface area contributed by atoms with E-state index in [1.807, 2.05) is 0 Å². The van der Waals surface area contributed by atoms with Gasteiger partial charge in [-0.05, 0) is 0 Å². The van der Waals surface area contributed by atoms with Crippen LogP contribution in [0.3, 0.4) is 0 Å². The lowest BCUT2D eigenvalue weighted by molar-refractivity contribution is 0.158. The molecule has 0 spiro atoms. The number of halogens is 1. The van der Waals surface area contributed by atoms with Gasteiger partial charge in [-0.1, -0.05) is 0 Å². The zero-order chi connectivity index (χ0) is 4.57. The molecule has 1 nitrogen and oxygen atoms in total. The monoisotopic (exact) mass is 90.0 g/mol. The Balaban J connectivity index is 2.09. The molecule has 0 aromatic heterocycles. The van der Waals surface area contributed by atoms with Crippen molar-refractivity contribution in [1.29, 1.82) is 0 Å². The van der Waals surface area contributed by atoms with E-state index < -0.39 is 6.17 Å². The molecule has 0 aromatic carbocycles. The molecule has 0 saturated heterocycles. The second-order valence-corrected chi connectivity index (χ2v) is 1.53.